The first-order valence-electron chi connectivity index (χ1n) is 11.7. The fraction of sp³-hybridized carbons (Fsp3) is 0. The summed E-state index contributed by atoms with van der Waals surface area (Å²) in [5.41, 5.74) is 6.70. The van der Waals surface area contributed by atoms with E-state index >= 15 is 0 Å². The molecule has 3 nitrogen and oxygen atoms in total. The zero-order valence-corrected chi connectivity index (χ0v) is 19.5. The molecule has 3 aromatic heterocycles. The third-order valence-electron chi connectivity index (χ3n) is 6.94. The lowest BCUT2D eigenvalue weighted by Gasteiger charge is -2.08. The van der Waals surface area contributed by atoms with Gasteiger partial charge in [-0.3, -0.25) is 0 Å². The van der Waals surface area contributed by atoms with Gasteiger partial charge in [-0.1, -0.05) is 60.7 Å². The van der Waals surface area contributed by atoms with E-state index in [1.807, 2.05) is 29.5 Å². The summed E-state index contributed by atoms with van der Waals surface area (Å²) in [6.45, 7) is 0. The van der Waals surface area contributed by atoms with E-state index in [1.54, 1.807) is 0 Å². The van der Waals surface area contributed by atoms with Crippen LogP contribution < -0.4 is 0 Å². The highest BCUT2D eigenvalue weighted by Crippen LogP contribution is 2.41. The zero-order chi connectivity index (χ0) is 22.9. The number of nitrogens with zero attached hydrogens (tertiary/aromatic N) is 2. The van der Waals surface area contributed by atoms with Gasteiger partial charge in [0.15, 0.2) is 0 Å². The Bertz CT molecular complexity index is 2030. The van der Waals surface area contributed by atoms with Crippen LogP contribution in [0.25, 0.3) is 70.1 Å². The molecule has 0 bridgehead atoms. The molecule has 0 amide bonds. The number of rotatable bonds is 2. The number of imidazole rings is 1. The van der Waals surface area contributed by atoms with E-state index in [9.17, 15) is 0 Å². The highest BCUT2D eigenvalue weighted by atomic mass is 32.1. The Hall–Kier alpha value is -4.41. The van der Waals surface area contributed by atoms with Crippen LogP contribution in [-0.4, -0.2) is 14.5 Å². The number of fused-ring (bicyclic) bond motifs is 7. The number of thiophene rings is 1. The molecule has 0 unspecified atom stereocenters. The van der Waals surface area contributed by atoms with Gasteiger partial charge in [-0.25, -0.2) is 4.98 Å². The molecule has 0 aliphatic rings. The molecule has 8 aromatic rings. The Labute approximate surface area is 204 Å². The minimum absolute atomic E-state index is 0.893. The molecule has 0 saturated heterocycles. The smallest absolute Gasteiger partial charge is 0.138 e. The van der Waals surface area contributed by atoms with Crippen molar-refractivity contribution in [2.24, 2.45) is 0 Å². The van der Waals surface area contributed by atoms with Crippen molar-refractivity contribution in [1.82, 2.24) is 14.5 Å². The molecule has 1 N–H and O–H groups in total. The van der Waals surface area contributed by atoms with Gasteiger partial charge in [-0.15, -0.1) is 11.3 Å². The number of benzene rings is 5. The lowest BCUT2D eigenvalue weighted by atomic mass is 10.1. The van der Waals surface area contributed by atoms with Crippen molar-refractivity contribution < 1.29 is 0 Å². The van der Waals surface area contributed by atoms with Crippen molar-refractivity contribution in [1.29, 1.82) is 0 Å². The number of aromatic amines is 1. The van der Waals surface area contributed by atoms with Crippen LogP contribution in [0.4, 0.5) is 0 Å². The highest BCUT2D eigenvalue weighted by Gasteiger charge is 2.17. The van der Waals surface area contributed by atoms with E-state index in [1.165, 1.54) is 42.0 Å². The van der Waals surface area contributed by atoms with Crippen molar-refractivity contribution in [3.05, 3.63) is 109 Å². The van der Waals surface area contributed by atoms with Crippen LogP contribution in [0.2, 0.25) is 0 Å². The van der Waals surface area contributed by atoms with Crippen LogP contribution in [0.15, 0.2) is 109 Å². The third kappa shape index (κ3) is 2.74. The van der Waals surface area contributed by atoms with Crippen LogP contribution >= 0.6 is 11.3 Å². The molecule has 0 aliphatic heterocycles. The maximum absolute atomic E-state index is 4.85. The van der Waals surface area contributed by atoms with Gasteiger partial charge in [0.2, 0.25) is 0 Å². The fourth-order valence-corrected chi connectivity index (χ4v) is 6.45. The number of aromatic nitrogens is 3. The Morgan fingerprint density at radius 2 is 1.40 bits per heavy atom. The Morgan fingerprint density at radius 3 is 2.31 bits per heavy atom. The predicted molar refractivity (Wildman–Crippen MR) is 149 cm³/mol. The monoisotopic (exact) mass is 465 g/mol. The Kier molecular flexibility index (Phi) is 3.82. The molecule has 0 atom stereocenters. The molecule has 5 aromatic carbocycles. The van der Waals surface area contributed by atoms with Gasteiger partial charge in [0.05, 0.1) is 22.1 Å². The molecule has 0 fully saturated rings. The zero-order valence-electron chi connectivity index (χ0n) is 18.7. The van der Waals surface area contributed by atoms with Gasteiger partial charge in [-0.2, -0.15) is 0 Å². The second-order valence-corrected chi connectivity index (χ2v) is 10.1. The van der Waals surface area contributed by atoms with Gasteiger partial charge in [0.1, 0.15) is 5.82 Å². The summed E-state index contributed by atoms with van der Waals surface area (Å²) in [6.07, 6.45) is 0. The quantitative estimate of drug-likeness (QED) is 0.272. The molecule has 0 saturated carbocycles. The van der Waals surface area contributed by atoms with Crippen molar-refractivity contribution >= 4 is 64.3 Å². The van der Waals surface area contributed by atoms with Gasteiger partial charge in [-0.05, 0) is 48.5 Å². The summed E-state index contributed by atoms with van der Waals surface area (Å²) in [5.74, 6) is 0.893. The average Bonchev–Trinajstić information content (AvgIpc) is 3.59. The third-order valence-corrected chi connectivity index (χ3v) is 8.08. The molecular weight excluding hydrogens is 446 g/mol. The van der Waals surface area contributed by atoms with E-state index in [4.69, 9.17) is 4.98 Å². The summed E-state index contributed by atoms with van der Waals surface area (Å²) in [7, 11) is 0. The van der Waals surface area contributed by atoms with Crippen LogP contribution in [0, 0.1) is 0 Å². The van der Waals surface area contributed by atoms with Crippen LogP contribution in [0.1, 0.15) is 0 Å². The number of nitrogens with one attached hydrogen (secondary N) is 1. The second kappa shape index (κ2) is 7.05. The average molecular weight is 466 g/mol. The van der Waals surface area contributed by atoms with Crippen molar-refractivity contribution in [3.63, 3.8) is 0 Å². The van der Waals surface area contributed by atoms with E-state index in [-0.39, 0.29) is 0 Å². The molecule has 8 rings (SSSR count). The summed E-state index contributed by atoms with van der Waals surface area (Å²) in [6, 6.07) is 39.0. The van der Waals surface area contributed by atoms with Crippen molar-refractivity contribution in [2.75, 3.05) is 0 Å². The second-order valence-electron chi connectivity index (χ2n) is 8.97. The number of para-hydroxylation sites is 3. The van der Waals surface area contributed by atoms with E-state index < -0.39 is 0 Å². The van der Waals surface area contributed by atoms with Gasteiger partial charge >= 0.3 is 0 Å². The summed E-state index contributed by atoms with van der Waals surface area (Å²) >= 11 is 1.87. The summed E-state index contributed by atoms with van der Waals surface area (Å²) in [5, 5.41) is 5.17. The Morgan fingerprint density at radius 1 is 0.600 bits per heavy atom. The first kappa shape index (κ1) is 19.0. The standard InChI is InChI=1S/C31H19N3S/c1-2-8-20(9-3-1)34-27-16-19(31-32-25-11-5-6-12-26(25)33-31)14-15-21(27)23-18-30-24(17-28(23)34)22-10-4-7-13-29(22)35-30/h1-18H,(H,32,33). The molecule has 35 heavy (non-hydrogen) atoms. The molecular formula is C31H19N3S. The SMILES string of the molecule is c1ccc(-n2c3cc(-c4nc5ccccc5[nH]4)ccc3c3cc4sc5ccccc5c4cc32)cc1. The molecule has 164 valence electrons. The first-order valence-corrected chi connectivity index (χ1v) is 12.6. The number of hydrogen-bond donors (Lipinski definition) is 1. The largest absolute Gasteiger partial charge is 0.338 e. The lowest BCUT2D eigenvalue weighted by molar-refractivity contribution is 1.18. The van der Waals surface area contributed by atoms with Gasteiger partial charge < -0.3 is 9.55 Å². The number of H-pyrrole nitrogens is 1. The Balaban J connectivity index is 1.48. The van der Waals surface area contributed by atoms with Gasteiger partial charge in [0.25, 0.3) is 0 Å². The fourth-order valence-electron chi connectivity index (χ4n) is 5.33. The predicted octanol–water partition coefficient (Wildman–Crippen LogP) is 8.69. The summed E-state index contributed by atoms with van der Waals surface area (Å²) < 4.78 is 5.05. The van der Waals surface area contributed by atoms with Crippen molar-refractivity contribution in [3.8, 4) is 17.1 Å². The normalized spacial score (nSPS) is 12.0. The van der Waals surface area contributed by atoms with Crippen molar-refractivity contribution in [2.45, 2.75) is 0 Å². The minimum Gasteiger partial charge on any atom is -0.338 e. The summed E-state index contributed by atoms with van der Waals surface area (Å²) in [4.78, 5) is 8.35. The van der Waals surface area contributed by atoms with Crippen LogP contribution in [0.5, 0.6) is 0 Å². The minimum atomic E-state index is 0.893. The maximum atomic E-state index is 4.85. The molecule has 3 heterocycles. The molecule has 0 radical (unpaired) electrons. The van der Waals surface area contributed by atoms with Gasteiger partial charge in [0, 0.05) is 42.2 Å². The van der Waals surface area contributed by atoms with E-state index in [2.05, 4.69) is 101 Å². The highest BCUT2D eigenvalue weighted by molar-refractivity contribution is 7.25. The van der Waals surface area contributed by atoms with E-state index in [0.29, 0.717) is 0 Å². The molecule has 4 heteroatoms. The lowest BCUT2D eigenvalue weighted by Crippen LogP contribution is -1.93. The number of hydrogen-bond acceptors (Lipinski definition) is 2. The maximum Gasteiger partial charge on any atom is 0.138 e. The van der Waals surface area contributed by atoms with E-state index in [0.717, 1.165) is 28.1 Å². The van der Waals surface area contributed by atoms with Crippen LogP contribution in [0.3, 0.4) is 0 Å². The van der Waals surface area contributed by atoms with Crippen LogP contribution in [-0.2, 0) is 0 Å². The molecule has 0 spiro atoms. The molecule has 0 aliphatic carbocycles. The first-order chi connectivity index (χ1) is 17.3. The topological polar surface area (TPSA) is 33.6 Å².